The van der Waals surface area contributed by atoms with Crippen LogP contribution in [0.25, 0.3) is 0 Å². The number of rotatable bonds is 4. The Labute approximate surface area is 164 Å². The van der Waals surface area contributed by atoms with Crippen molar-refractivity contribution >= 4 is 17.9 Å². The third-order valence-electron chi connectivity index (χ3n) is 6.44. The number of aliphatic hydroxyl groups excluding tert-OH is 1. The molecule has 0 aromatic rings. The van der Waals surface area contributed by atoms with Crippen LogP contribution in [0.1, 0.15) is 51.9 Å². The fraction of sp³-hybridized carbons (Fsp3) is 0.667. The highest BCUT2D eigenvalue weighted by molar-refractivity contribution is 5.88. The molecule has 0 aromatic carbocycles. The smallest absolute Gasteiger partial charge is 0.334 e. The molecule has 0 amide bonds. The van der Waals surface area contributed by atoms with Crippen LogP contribution in [0.4, 0.5) is 0 Å². The van der Waals surface area contributed by atoms with E-state index in [0.29, 0.717) is 6.42 Å². The van der Waals surface area contributed by atoms with Gasteiger partial charge in [-0.2, -0.15) is 0 Å². The van der Waals surface area contributed by atoms with E-state index < -0.39 is 23.6 Å². The molecule has 4 bridgehead atoms. The van der Waals surface area contributed by atoms with Crippen molar-refractivity contribution in [2.45, 2.75) is 57.5 Å². The molecule has 2 N–H and O–H groups in total. The van der Waals surface area contributed by atoms with Crippen molar-refractivity contribution in [2.75, 3.05) is 6.61 Å². The Morgan fingerprint density at radius 2 is 1.68 bits per heavy atom. The molecule has 5 fully saturated rings. The molecule has 5 rings (SSSR count). The van der Waals surface area contributed by atoms with Crippen molar-refractivity contribution in [1.29, 1.82) is 0 Å². The molecule has 1 aliphatic heterocycles. The minimum absolute atomic E-state index is 0.0972. The number of carbonyl (C=O) groups excluding carboxylic acids is 2. The number of carboxylic acids is 1. The molecule has 1 atom stereocenters. The Balaban J connectivity index is 0.000000163. The molecule has 4 saturated carbocycles. The van der Waals surface area contributed by atoms with Crippen LogP contribution in [0.5, 0.6) is 0 Å². The SMILES string of the molecule is C=CC(=O)OC12CC3CC(CC(C3)C1)C2.CC(C(=O)O)=C(O)C1CCOC1=O. The summed E-state index contributed by atoms with van der Waals surface area (Å²) >= 11 is 0. The molecular weight excluding hydrogens is 364 g/mol. The number of hydrogen-bond acceptors (Lipinski definition) is 6. The number of esters is 2. The second kappa shape index (κ2) is 7.97. The van der Waals surface area contributed by atoms with Crippen molar-refractivity contribution in [3.05, 3.63) is 24.0 Å². The van der Waals surface area contributed by atoms with Gasteiger partial charge in [0.1, 0.15) is 17.3 Å². The number of ether oxygens (including phenoxy) is 2. The summed E-state index contributed by atoms with van der Waals surface area (Å²) < 4.78 is 10.2. The van der Waals surface area contributed by atoms with Crippen molar-refractivity contribution in [2.24, 2.45) is 23.7 Å². The second-order valence-electron chi connectivity index (χ2n) is 8.55. The molecular formula is C21H28O7. The lowest BCUT2D eigenvalue weighted by molar-refractivity contribution is -0.181. The molecule has 0 radical (unpaired) electrons. The van der Waals surface area contributed by atoms with E-state index >= 15 is 0 Å². The monoisotopic (exact) mass is 392 g/mol. The number of aliphatic carboxylic acids is 1. The zero-order valence-corrected chi connectivity index (χ0v) is 16.2. The van der Waals surface area contributed by atoms with Crippen LogP contribution >= 0.6 is 0 Å². The van der Waals surface area contributed by atoms with E-state index in [4.69, 9.17) is 9.84 Å². The highest BCUT2D eigenvalue weighted by Gasteiger charge is 2.53. The molecule has 1 saturated heterocycles. The first-order valence-corrected chi connectivity index (χ1v) is 9.88. The van der Waals surface area contributed by atoms with E-state index in [0.717, 1.165) is 37.0 Å². The van der Waals surface area contributed by atoms with Crippen molar-refractivity contribution in [1.82, 2.24) is 0 Å². The Hall–Kier alpha value is -2.31. The first-order chi connectivity index (χ1) is 13.2. The second-order valence-corrected chi connectivity index (χ2v) is 8.55. The standard InChI is InChI=1S/C13H18O2.C8H10O5/c1-2-12(14)15-13-6-9-3-10(7-13)5-11(4-9)8-13;1-4(7(10)11)6(9)5-2-3-13-8(5)12/h2,9-11H,1,3-8H2;5,9H,2-3H2,1H3,(H,10,11). The van der Waals surface area contributed by atoms with Gasteiger partial charge in [-0.15, -0.1) is 0 Å². The summed E-state index contributed by atoms with van der Waals surface area (Å²) in [6, 6.07) is 0. The van der Waals surface area contributed by atoms with Gasteiger partial charge < -0.3 is 19.7 Å². The Bertz CT molecular complexity index is 670. The highest BCUT2D eigenvalue weighted by Crippen LogP contribution is 2.57. The van der Waals surface area contributed by atoms with Gasteiger partial charge in [0.05, 0.1) is 12.2 Å². The van der Waals surface area contributed by atoms with E-state index in [9.17, 15) is 19.5 Å². The van der Waals surface area contributed by atoms with Gasteiger partial charge in [0, 0.05) is 12.5 Å². The molecule has 154 valence electrons. The van der Waals surface area contributed by atoms with Crippen LogP contribution in [-0.4, -0.2) is 40.3 Å². The van der Waals surface area contributed by atoms with Crippen molar-refractivity contribution in [3.8, 4) is 0 Å². The minimum atomic E-state index is -1.22. The lowest BCUT2D eigenvalue weighted by Gasteiger charge is -2.55. The van der Waals surface area contributed by atoms with Crippen molar-refractivity contribution < 1.29 is 34.1 Å². The molecule has 7 heteroatoms. The topological polar surface area (TPSA) is 110 Å². The quantitative estimate of drug-likeness (QED) is 0.429. The van der Waals surface area contributed by atoms with E-state index in [1.807, 2.05) is 0 Å². The fourth-order valence-corrected chi connectivity index (χ4v) is 5.53. The van der Waals surface area contributed by atoms with Crippen LogP contribution in [0.3, 0.4) is 0 Å². The van der Waals surface area contributed by atoms with E-state index in [1.165, 1.54) is 32.3 Å². The van der Waals surface area contributed by atoms with Crippen molar-refractivity contribution in [3.63, 3.8) is 0 Å². The summed E-state index contributed by atoms with van der Waals surface area (Å²) in [5.74, 6) is -0.713. The maximum atomic E-state index is 11.4. The number of aliphatic hydroxyl groups is 1. The molecule has 7 nitrogen and oxygen atoms in total. The first-order valence-electron chi connectivity index (χ1n) is 9.88. The van der Waals surface area contributed by atoms with Gasteiger partial charge in [0.2, 0.25) is 0 Å². The van der Waals surface area contributed by atoms with Gasteiger partial charge in [-0.05, 0) is 63.2 Å². The largest absolute Gasteiger partial charge is 0.511 e. The van der Waals surface area contributed by atoms with Gasteiger partial charge >= 0.3 is 17.9 Å². The molecule has 0 aromatic heterocycles. The molecule has 28 heavy (non-hydrogen) atoms. The van der Waals surface area contributed by atoms with E-state index in [2.05, 4.69) is 11.3 Å². The normalized spacial score (nSPS) is 36.0. The predicted molar refractivity (Wildman–Crippen MR) is 99.2 cm³/mol. The third-order valence-corrected chi connectivity index (χ3v) is 6.44. The summed E-state index contributed by atoms with van der Waals surface area (Å²) in [6.07, 6.45) is 9.12. The molecule has 5 aliphatic rings. The summed E-state index contributed by atoms with van der Waals surface area (Å²) in [7, 11) is 0. The minimum Gasteiger partial charge on any atom is -0.511 e. The Morgan fingerprint density at radius 1 is 1.14 bits per heavy atom. The number of hydrogen-bond donors (Lipinski definition) is 2. The van der Waals surface area contributed by atoms with Crippen LogP contribution < -0.4 is 0 Å². The average molecular weight is 392 g/mol. The van der Waals surface area contributed by atoms with Crippen LogP contribution in [0.15, 0.2) is 24.0 Å². The summed E-state index contributed by atoms with van der Waals surface area (Å²) in [5, 5.41) is 17.9. The number of cyclic esters (lactones) is 1. The van der Waals surface area contributed by atoms with E-state index in [-0.39, 0.29) is 23.8 Å². The number of carboxylic acid groups (broad SMARTS) is 1. The Kier molecular flexibility index (Phi) is 5.82. The lowest BCUT2D eigenvalue weighted by atomic mass is 9.54. The van der Waals surface area contributed by atoms with Gasteiger partial charge in [0.15, 0.2) is 0 Å². The zero-order valence-electron chi connectivity index (χ0n) is 16.2. The number of carbonyl (C=O) groups is 3. The molecule has 1 heterocycles. The van der Waals surface area contributed by atoms with Gasteiger partial charge in [-0.25, -0.2) is 9.59 Å². The van der Waals surface area contributed by atoms with E-state index in [1.54, 1.807) is 0 Å². The highest BCUT2D eigenvalue weighted by atomic mass is 16.6. The molecule has 4 aliphatic carbocycles. The maximum absolute atomic E-state index is 11.4. The lowest BCUT2D eigenvalue weighted by Crippen LogP contribution is -2.52. The summed E-state index contributed by atoms with van der Waals surface area (Å²) in [5.41, 5.74) is -0.302. The third kappa shape index (κ3) is 4.23. The predicted octanol–water partition coefficient (Wildman–Crippen LogP) is 3.15. The maximum Gasteiger partial charge on any atom is 0.334 e. The van der Waals surface area contributed by atoms with Crippen LogP contribution in [0.2, 0.25) is 0 Å². The fourth-order valence-electron chi connectivity index (χ4n) is 5.53. The molecule has 1 unspecified atom stereocenters. The van der Waals surface area contributed by atoms with Gasteiger partial charge in [-0.3, -0.25) is 4.79 Å². The summed E-state index contributed by atoms with van der Waals surface area (Å²) in [4.78, 5) is 32.7. The van der Waals surface area contributed by atoms with Gasteiger partial charge in [0.25, 0.3) is 0 Å². The molecule has 0 spiro atoms. The zero-order chi connectivity index (χ0) is 20.5. The van der Waals surface area contributed by atoms with Crippen LogP contribution in [0, 0.1) is 23.7 Å². The van der Waals surface area contributed by atoms with Gasteiger partial charge in [-0.1, -0.05) is 6.58 Å². The first kappa shape index (κ1) is 20.4. The van der Waals surface area contributed by atoms with Crippen LogP contribution in [-0.2, 0) is 23.9 Å². The summed E-state index contributed by atoms with van der Waals surface area (Å²) in [6.45, 7) is 4.97. The average Bonchev–Trinajstić information content (AvgIpc) is 3.05. The Morgan fingerprint density at radius 3 is 2.07 bits per heavy atom.